The first kappa shape index (κ1) is 21.5. The van der Waals surface area contributed by atoms with Crippen molar-refractivity contribution >= 4 is 17.9 Å². The Morgan fingerprint density at radius 3 is 2.77 bits per heavy atom. The number of alkyl halides is 2. The number of aliphatic hydroxyl groups is 1. The molecule has 0 fully saturated rings. The first-order chi connectivity index (χ1) is 15.0. The van der Waals surface area contributed by atoms with Crippen LogP contribution < -0.4 is 0 Å². The molecule has 0 radical (unpaired) electrons. The van der Waals surface area contributed by atoms with Gasteiger partial charge in [0.2, 0.25) is 5.91 Å². The van der Waals surface area contributed by atoms with E-state index in [-0.39, 0.29) is 12.5 Å². The van der Waals surface area contributed by atoms with Crippen molar-refractivity contribution in [3.63, 3.8) is 0 Å². The van der Waals surface area contributed by atoms with Crippen molar-refractivity contribution in [1.82, 2.24) is 23.9 Å². The summed E-state index contributed by atoms with van der Waals surface area (Å²) in [5.41, 5.74) is 3.65. The van der Waals surface area contributed by atoms with Crippen LogP contribution >= 0.6 is 11.9 Å². The number of rotatable bonds is 8. The van der Waals surface area contributed by atoms with E-state index in [9.17, 15) is 18.7 Å². The number of hydrogen-bond acceptors (Lipinski definition) is 5. The van der Waals surface area contributed by atoms with Crippen LogP contribution in [0.1, 0.15) is 35.2 Å². The van der Waals surface area contributed by atoms with Gasteiger partial charge in [0.05, 0.1) is 35.9 Å². The second-order valence-corrected chi connectivity index (χ2v) is 8.39. The molecule has 1 aliphatic rings. The average Bonchev–Trinajstić information content (AvgIpc) is 3.44. The third kappa shape index (κ3) is 4.64. The summed E-state index contributed by atoms with van der Waals surface area (Å²) in [6, 6.07) is 7.70. The Morgan fingerprint density at radius 2 is 2.06 bits per heavy atom. The average molecular weight is 448 g/mol. The van der Waals surface area contributed by atoms with E-state index in [1.54, 1.807) is 15.2 Å². The van der Waals surface area contributed by atoms with E-state index in [1.807, 2.05) is 37.4 Å². The molecule has 1 aromatic carbocycles. The number of aryl methyl sites for hydroxylation is 1. The van der Waals surface area contributed by atoms with Crippen LogP contribution in [0.15, 0.2) is 47.8 Å². The minimum absolute atomic E-state index is 0.117. The minimum Gasteiger partial charge on any atom is -0.395 e. The number of aliphatic hydroxyl groups excluding tert-OH is 1. The standard InChI is InChI=1S/C21H23F2N5O2S/c1-2-14-5-3-4-6-17(14)18(13-29)21(30)26-8-15-9-28(25-19(15)11-26)31-16-7-24-27(10-16)12-20(22)23/h3-7,9-10,18,20,29H,2,8,11-13H2,1H3. The molecule has 3 aromatic rings. The maximum Gasteiger partial charge on any atom is 0.257 e. The Balaban J connectivity index is 1.42. The minimum atomic E-state index is -2.46. The lowest BCUT2D eigenvalue weighted by molar-refractivity contribution is -0.134. The van der Waals surface area contributed by atoms with Crippen LogP contribution in [0.25, 0.3) is 0 Å². The van der Waals surface area contributed by atoms with Crippen LogP contribution in [0.5, 0.6) is 0 Å². The Kier molecular flexibility index (Phi) is 6.38. The highest BCUT2D eigenvalue weighted by Gasteiger charge is 2.32. The van der Waals surface area contributed by atoms with Gasteiger partial charge in [-0.1, -0.05) is 31.2 Å². The zero-order chi connectivity index (χ0) is 22.0. The number of aromatic nitrogens is 4. The highest BCUT2D eigenvalue weighted by atomic mass is 32.2. The van der Waals surface area contributed by atoms with Gasteiger partial charge in [-0.15, -0.1) is 0 Å². The highest BCUT2D eigenvalue weighted by Crippen LogP contribution is 2.30. The molecule has 1 amide bonds. The third-order valence-corrected chi connectivity index (χ3v) is 6.09. The lowest BCUT2D eigenvalue weighted by atomic mass is 9.92. The van der Waals surface area contributed by atoms with E-state index < -0.39 is 18.9 Å². The van der Waals surface area contributed by atoms with Crippen LogP contribution in [0.2, 0.25) is 0 Å². The van der Waals surface area contributed by atoms with Gasteiger partial charge in [0.1, 0.15) is 6.54 Å². The summed E-state index contributed by atoms with van der Waals surface area (Å²) >= 11 is 1.28. The summed E-state index contributed by atoms with van der Waals surface area (Å²) in [5, 5.41) is 18.4. The fourth-order valence-electron chi connectivity index (χ4n) is 3.80. The Labute approximate surface area is 182 Å². The molecule has 2 aromatic heterocycles. The lowest BCUT2D eigenvalue weighted by Gasteiger charge is -2.23. The summed E-state index contributed by atoms with van der Waals surface area (Å²) in [6.45, 7) is 2.13. The number of carbonyl (C=O) groups is 1. The molecule has 0 bridgehead atoms. The van der Waals surface area contributed by atoms with Crippen molar-refractivity contribution in [3.05, 3.63) is 65.2 Å². The molecular weight excluding hydrogens is 424 g/mol. The van der Waals surface area contributed by atoms with Crippen LogP contribution in [0.3, 0.4) is 0 Å². The highest BCUT2D eigenvalue weighted by molar-refractivity contribution is 7.97. The number of fused-ring (bicyclic) bond motifs is 1. The van der Waals surface area contributed by atoms with Crippen molar-refractivity contribution in [1.29, 1.82) is 0 Å². The van der Waals surface area contributed by atoms with E-state index in [0.29, 0.717) is 18.0 Å². The Bertz CT molecular complexity index is 1040. The van der Waals surface area contributed by atoms with Gasteiger partial charge < -0.3 is 10.0 Å². The molecule has 4 rings (SSSR count). The van der Waals surface area contributed by atoms with Gasteiger partial charge in [0.25, 0.3) is 6.43 Å². The molecule has 3 heterocycles. The van der Waals surface area contributed by atoms with Crippen molar-refractivity contribution in [2.45, 2.75) is 50.2 Å². The third-order valence-electron chi connectivity index (χ3n) is 5.30. The first-order valence-electron chi connectivity index (χ1n) is 10.0. The zero-order valence-corrected chi connectivity index (χ0v) is 17.8. The summed E-state index contributed by atoms with van der Waals surface area (Å²) < 4.78 is 27.8. The number of hydrogen-bond donors (Lipinski definition) is 1. The summed E-state index contributed by atoms with van der Waals surface area (Å²) in [6.07, 6.45) is 3.24. The van der Waals surface area contributed by atoms with Crippen LogP contribution in [0, 0.1) is 0 Å². The van der Waals surface area contributed by atoms with Crippen LogP contribution in [-0.4, -0.2) is 47.9 Å². The van der Waals surface area contributed by atoms with Gasteiger partial charge in [-0.3, -0.25) is 9.48 Å². The summed E-state index contributed by atoms with van der Waals surface area (Å²) in [4.78, 5) is 15.5. The van der Waals surface area contributed by atoms with Gasteiger partial charge in [0.15, 0.2) is 0 Å². The molecular formula is C21H23F2N5O2S. The molecule has 10 heteroatoms. The molecule has 31 heavy (non-hydrogen) atoms. The zero-order valence-electron chi connectivity index (χ0n) is 17.0. The number of carbonyl (C=O) groups excluding carboxylic acids is 1. The predicted molar refractivity (Wildman–Crippen MR) is 112 cm³/mol. The van der Waals surface area contributed by atoms with Crippen LogP contribution in [0.4, 0.5) is 8.78 Å². The van der Waals surface area contributed by atoms with Gasteiger partial charge in [-0.2, -0.15) is 10.2 Å². The smallest absolute Gasteiger partial charge is 0.257 e. The summed E-state index contributed by atoms with van der Waals surface area (Å²) in [7, 11) is 0. The maximum atomic E-state index is 13.1. The molecule has 0 spiro atoms. The molecule has 164 valence electrons. The largest absolute Gasteiger partial charge is 0.395 e. The van der Waals surface area contributed by atoms with Gasteiger partial charge in [0, 0.05) is 36.4 Å². The van der Waals surface area contributed by atoms with E-state index in [1.165, 1.54) is 22.8 Å². The fraction of sp³-hybridized carbons (Fsp3) is 0.381. The lowest BCUT2D eigenvalue weighted by Crippen LogP contribution is -2.33. The number of amides is 1. The molecule has 1 aliphatic heterocycles. The molecule has 0 saturated heterocycles. The van der Waals surface area contributed by atoms with Gasteiger partial charge >= 0.3 is 0 Å². The number of benzene rings is 1. The second kappa shape index (κ2) is 9.19. The van der Waals surface area contributed by atoms with E-state index >= 15 is 0 Å². The SMILES string of the molecule is CCc1ccccc1C(CO)C(=O)N1Cc2cn(Sc3cnn(CC(F)F)c3)nc2C1. The van der Waals surface area contributed by atoms with Crippen molar-refractivity contribution in [3.8, 4) is 0 Å². The molecule has 0 aliphatic carbocycles. The second-order valence-electron chi connectivity index (χ2n) is 7.37. The van der Waals surface area contributed by atoms with Crippen LogP contribution in [-0.2, 0) is 30.8 Å². The van der Waals surface area contributed by atoms with E-state index in [2.05, 4.69) is 10.2 Å². The van der Waals surface area contributed by atoms with Gasteiger partial charge in [-0.05, 0) is 17.5 Å². The van der Waals surface area contributed by atoms with E-state index in [0.717, 1.165) is 28.8 Å². The molecule has 1 N–H and O–H groups in total. The van der Waals surface area contributed by atoms with Gasteiger partial charge in [-0.25, -0.2) is 12.9 Å². The Morgan fingerprint density at radius 1 is 1.26 bits per heavy atom. The van der Waals surface area contributed by atoms with Crippen molar-refractivity contribution < 1.29 is 18.7 Å². The van der Waals surface area contributed by atoms with Crippen molar-refractivity contribution in [2.75, 3.05) is 6.61 Å². The maximum absolute atomic E-state index is 13.1. The molecule has 1 atom stereocenters. The molecule has 0 saturated carbocycles. The number of halogens is 2. The normalized spacial score (nSPS) is 14.3. The summed E-state index contributed by atoms with van der Waals surface area (Å²) in [5.74, 6) is -0.712. The first-order valence-corrected chi connectivity index (χ1v) is 10.8. The number of nitrogens with zero attached hydrogens (tertiary/aromatic N) is 5. The van der Waals surface area contributed by atoms with E-state index in [4.69, 9.17) is 0 Å². The molecule has 7 nitrogen and oxygen atoms in total. The monoisotopic (exact) mass is 447 g/mol. The van der Waals surface area contributed by atoms with Crippen molar-refractivity contribution in [2.24, 2.45) is 0 Å². The molecule has 1 unspecified atom stereocenters. The Hall–Kier alpha value is -2.72. The fourth-order valence-corrected chi connectivity index (χ4v) is 4.60. The predicted octanol–water partition coefficient (Wildman–Crippen LogP) is 3.08. The topological polar surface area (TPSA) is 76.2 Å². The quantitative estimate of drug-likeness (QED) is 0.574.